The third kappa shape index (κ3) is 4.26. The smallest absolute Gasteiger partial charge is 0.208 e. The molecule has 2 aromatic carbocycles. The minimum absolute atomic E-state index is 0. The fraction of sp³-hybridized carbons (Fsp3) is 0.240. The standard InChI is InChI=1S/C25H26N2.Rh/c1-17(5-9-22-15-20-13-18(2)7-11-24(20)26-22)6-10-23-16-21-14-19(3)8-12-25(21)27(23)4;/h5-14H,15-16H2,1-4H3;. The van der Waals surface area contributed by atoms with E-state index in [1.807, 2.05) is 0 Å². The number of hydrogen-bond acceptors (Lipinski definition) is 0. The van der Waals surface area contributed by atoms with Crippen LogP contribution in [0.5, 0.6) is 0 Å². The van der Waals surface area contributed by atoms with Gasteiger partial charge in [-0.05, 0) is 33.3 Å². The SMILES string of the molecule is CC(/C=C/C1=[N+](C)c2ccc(C)cc2C1)=C\C=C1\Cc2cc(C)ccc2[N-]1.[Rh]. The Balaban J connectivity index is 0.00000225. The van der Waals surface area contributed by atoms with E-state index in [0.717, 1.165) is 24.2 Å². The van der Waals surface area contributed by atoms with Gasteiger partial charge in [0.15, 0.2) is 5.71 Å². The van der Waals surface area contributed by atoms with Gasteiger partial charge in [-0.2, -0.15) is 10.3 Å². The molecule has 2 aliphatic heterocycles. The van der Waals surface area contributed by atoms with E-state index < -0.39 is 0 Å². The minimum Gasteiger partial charge on any atom is -0.661 e. The molecule has 0 bridgehead atoms. The van der Waals surface area contributed by atoms with Crippen molar-refractivity contribution in [2.24, 2.45) is 0 Å². The normalized spacial score (nSPS) is 17.0. The molecule has 0 spiro atoms. The van der Waals surface area contributed by atoms with Gasteiger partial charge in [0, 0.05) is 37.2 Å². The van der Waals surface area contributed by atoms with E-state index in [4.69, 9.17) is 5.32 Å². The summed E-state index contributed by atoms with van der Waals surface area (Å²) in [6.07, 6.45) is 10.7. The second kappa shape index (κ2) is 8.41. The molecule has 0 unspecified atom stereocenters. The molecule has 0 atom stereocenters. The predicted octanol–water partition coefficient (Wildman–Crippen LogP) is 6.22. The van der Waals surface area contributed by atoms with Gasteiger partial charge in [-0.15, -0.1) is 5.69 Å². The topological polar surface area (TPSA) is 17.1 Å². The summed E-state index contributed by atoms with van der Waals surface area (Å²) in [6.45, 7) is 6.43. The Kier molecular flexibility index (Phi) is 6.15. The van der Waals surface area contributed by atoms with Crippen LogP contribution in [0.3, 0.4) is 0 Å². The fourth-order valence-corrected chi connectivity index (χ4v) is 3.78. The average molecular weight is 457 g/mol. The Bertz CT molecular complexity index is 1040. The van der Waals surface area contributed by atoms with Gasteiger partial charge >= 0.3 is 0 Å². The zero-order valence-corrected chi connectivity index (χ0v) is 18.6. The Morgan fingerprint density at radius 3 is 2.50 bits per heavy atom. The molecule has 0 aromatic heterocycles. The number of allylic oxidation sites excluding steroid dienone is 6. The maximum absolute atomic E-state index is 4.73. The third-order valence-electron chi connectivity index (χ3n) is 5.35. The average Bonchev–Trinajstić information content (AvgIpc) is 3.18. The first-order valence-corrected chi connectivity index (χ1v) is 9.55. The molecule has 2 nitrogen and oxygen atoms in total. The summed E-state index contributed by atoms with van der Waals surface area (Å²) >= 11 is 0. The Morgan fingerprint density at radius 1 is 1.00 bits per heavy atom. The van der Waals surface area contributed by atoms with Crippen LogP contribution in [-0.2, 0) is 32.3 Å². The molecule has 2 aromatic rings. The zero-order valence-electron chi connectivity index (χ0n) is 16.9. The van der Waals surface area contributed by atoms with Crippen molar-refractivity contribution in [3.8, 4) is 0 Å². The van der Waals surface area contributed by atoms with Crippen LogP contribution in [-0.4, -0.2) is 17.3 Å². The number of benzene rings is 2. The molecule has 28 heavy (non-hydrogen) atoms. The first kappa shape index (κ1) is 20.5. The van der Waals surface area contributed by atoms with Gasteiger partial charge in [-0.3, -0.25) is 0 Å². The Labute approximate surface area is 181 Å². The van der Waals surface area contributed by atoms with Crippen molar-refractivity contribution < 1.29 is 24.1 Å². The van der Waals surface area contributed by atoms with Crippen LogP contribution < -0.4 is 0 Å². The van der Waals surface area contributed by atoms with E-state index >= 15 is 0 Å². The summed E-state index contributed by atoms with van der Waals surface area (Å²) in [5.41, 5.74) is 11.5. The monoisotopic (exact) mass is 457 g/mol. The van der Waals surface area contributed by atoms with Gasteiger partial charge in [-0.25, -0.2) is 0 Å². The largest absolute Gasteiger partial charge is 0.661 e. The van der Waals surface area contributed by atoms with Gasteiger partial charge < -0.3 is 5.32 Å². The van der Waals surface area contributed by atoms with Gasteiger partial charge in [-0.1, -0.05) is 64.8 Å². The molecule has 1 radical (unpaired) electrons. The maximum atomic E-state index is 4.73. The first-order valence-electron chi connectivity index (χ1n) is 9.55. The van der Waals surface area contributed by atoms with E-state index in [0.29, 0.717) is 0 Å². The molecule has 2 heterocycles. The third-order valence-corrected chi connectivity index (χ3v) is 5.35. The minimum atomic E-state index is 0. The number of nitrogens with zero attached hydrogens (tertiary/aromatic N) is 2. The van der Waals surface area contributed by atoms with Crippen molar-refractivity contribution in [2.75, 3.05) is 7.05 Å². The molecular formula is C25H26N2Rh. The number of aryl methyl sites for hydroxylation is 2. The first-order chi connectivity index (χ1) is 13.0. The second-order valence-electron chi connectivity index (χ2n) is 7.68. The Hall–Kier alpha value is -2.25. The zero-order chi connectivity index (χ0) is 19.0. The number of hydrogen-bond donors (Lipinski definition) is 0. The van der Waals surface area contributed by atoms with Crippen molar-refractivity contribution in [1.82, 2.24) is 0 Å². The van der Waals surface area contributed by atoms with Crippen LogP contribution in [0, 0.1) is 13.8 Å². The summed E-state index contributed by atoms with van der Waals surface area (Å²) in [7, 11) is 2.15. The molecule has 0 saturated carbocycles. The second-order valence-corrected chi connectivity index (χ2v) is 7.68. The number of fused-ring (bicyclic) bond motifs is 2. The summed E-state index contributed by atoms with van der Waals surface area (Å²) < 4.78 is 2.29. The van der Waals surface area contributed by atoms with Crippen molar-refractivity contribution >= 4 is 17.1 Å². The van der Waals surface area contributed by atoms with Crippen LogP contribution in [0.25, 0.3) is 5.32 Å². The van der Waals surface area contributed by atoms with Crippen LogP contribution in [0.15, 0.2) is 72.0 Å². The molecule has 2 aliphatic rings. The molecule has 4 rings (SSSR count). The van der Waals surface area contributed by atoms with Gasteiger partial charge in [0.1, 0.15) is 7.05 Å². The van der Waals surface area contributed by atoms with Gasteiger partial charge in [0.25, 0.3) is 0 Å². The molecule has 0 N–H and O–H groups in total. The summed E-state index contributed by atoms with van der Waals surface area (Å²) in [5, 5.41) is 4.73. The van der Waals surface area contributed by atoms with Crippen LogP contribution in [0.1, 0.15) is 29.2 Å². The van der Waals surface area contributed by atoms with E-state index in [1.165, 1.54) is 39.2 Å². The summed E-state index contributed by atoms with van der Waals surface area (Å²) in [6, 6.07) is 13.2. The molecule has 145 valence electrons. The van der Waals surface area contributed by atoms with Crippen molar-refractivity contribution in [3.05, 3.63) is 99.5 Å². The van der Waals surface area contributed by atoms with Gasteiger partial charge in [0.05, 0.1) is 6.42 Å². The van der Waals surface area contributed by atoms with E-state index in [9.17, 15) is 0 Å². The van der Waals surface area contributed by atoms with E-state index in [1.54, 1.807) is 0 Å². The summed E-state index contributed by atoms with van der Waals surface area (Å²) in [5.74, 6) is 0. The molecular weight excluding hydrogens is 431 g/mol. The van der Waals surface area contributed by atoms with Crippen LogP contribution >= 0.6 is 0 Å². The van der Waals surface area contributed by atoms with Crippen molar-refractivity contribution in [3.63, 3.8) is 0 Å². The predicted molar refractivity (Wildman–Crippen MR) is 115 cm³/mol. The Morgan fingerprint density at radius 2 is 1.71 bits per heavy atom. The molecule has 0 saturated heterocycles. The molecule has 0 amide bonds. The van der Waals surface area contributed by atoms with Gasteiger partial charge in [0.2, 0.25) is 5.69 Å². The number of rotatable bonds is 3. The molecule has 0 fully saturated rings. The molecule has 3 heteroatoms. The van der Waals surface area contributed by atoms with Crippen LogP contribution in [0.4, 0.5) is 11.4 Å². The maximum Gasteiger partial charge on any atom is 0.208 e. The summed E-state index contributed by atoms with van der Waals surface area (Å²) in [4.78, 5) is 0. The van der Waals surface area contributed by atoms with E-state index in [-0.39, 0.29) is 19.5 Å². The molecule has 0 aliphatic carbocycles. The quantitative estimate of drug-likeness (QED) is 0.296. The van der Waals surface area contributed by atoms with Crippen molar-refractivity contribution in [2.45, 2.75) is 33.6 Å². The van der Waals surface area contributed by atoms with E-state index in [2.05, 4.69) is 93.1 Å². The van der Waals surface area contributed by atoms with Crippen molar-refractivity contribution in [1.29, 1.82) is 0 Å². The fourth-order valence-electron chi connectivity index (χ4n) is 3.78. The van der Waals surface area contributed by atoms with Crippen LogP contribution in [0.2, 0.25) is 0 Å².